The van der Waals surface area contributed by atoms with Crippen LogP contribution in [0.2, 0.25) is 0 Å². The second-order valence-corrected chi connectivity index (χ2v) is 4.85. The normalized spacial score (nSPS) is 16.0. The molecule has 0 heterocycles. The van der Waals surface area contributed by atoms with Gasteiger partial charge in [0.25, 0.3) is 0 Å². The highest BCUT2D eigenvalue weighted by atomic mass is 16.4. The molecule has 1 aromatic rings. The molecule has 0 bridgehead atoms. The number of hydrogen-bond donors (Lipinski definition) is 2. The molecule has 0 radical (unpaired) electrons. The molecule has 2 rings (SSSR count). The lowest BCUT2D eigenvalue weighted by atomic mass is 10.1. The average molecular weight is 247 g/mol. The Labute approximate surface area is 106 Å². The molecule has 1 aromatic carbocycles. The Hall–Kier alpha value is -1.84. The average Bonchev–Trinajstić information content (AvgIpc) is 3.16. The van der Waals surface area contributed by atoms with Crippen molar-refractivity contribution < 1.29 is 14.7 Å². The first-order valence-electron chi connectivity index (χ1n) is 6.16. The largest absolute Gasteiger partial charge is 0.481 e. The number of carbonyl (C=O) groups is 2. The SMILES string of the molecule is O=C(CCc1ccccc1)NCC1(C(=O)O)CC1. The summed E-state index contributed by atoms with van der Waals surface area (Å²) in [5.74, 6) is -0.878. The molecule has 0 aliphatic heterocycles. The minimum absolute atomic E-state index is 0.0774. The summed E-state index contributed by atoms with van der Waals surface area (Å²) in [6.45, 7) is 0.260. The predicted molar refractivity (Wildman–Crippen MR) is 67.1 cm³/mol. The van der Waals surface area contributed by atoms with Gasteiger partial charge in [-0.25, -0.2) is 0 Å². The molecule has 1 amide bonds. The van der Waals surface area contributed by atoms with E-state index in [0.29, 0.717) is 25.7 Å². The van der Waals surface area contributed by atoms with E-state index in [1.807, 2.05) is 30.3 Å². The van der Waals surface area contributed by atoms with Crippen LogP contribution in [-0.2, 0) is 16.0 Å². The summed E-state index contributed by atoms with van der Waals surface area (Å²) in [5.41, 5.74) is 0.439. The summed E-state index contributed by atoms with van der Waals surface area (Å²) >= 11 is 0. The molecule has 2 N–H and O–H groups in total. The number of nitrogens with one attached hydrogen (secondary N) is 1. The number of aryl methyl sites for hydroxylation is 1. The van der Waals surface area contributed by atoms with Gasteiger partial charge in [-0.1, -0.05) is 30.3 Å². The van der Waals surface area contributed by atoms with Gasteiger partial charge in [0, 0.05) is 13.0 Å². The van der Waals surface area contributed by atoms with Gasteiger partial charge >= 0.3 is 5.97 Å². The van der Waals surface area contributed by atoms with E-state index in [4.69, 9.17) is 5.11 Å². The van der Waals surface area contributed by atoms with E-state index < -0.39 is 11.4 Å². The molecule has 0 saturated heterocycles. The third-order valence-electron chi connectivity index (χ3n) is 3.41. The summed E-state index contributed by atoms with van der Waals surface area (Å²) < 4.78 is 0. The van der Waals surface area contributed by atoms with Crippen LogP contribution < -0.4 is 5.32 Å². The summed E-state index contributed by atoms with van der Waals surface area (Å²) in [6.07, 6.45) is 2.43. The fraction of sp³-hybridized carbons (Fsp3) is 0.429. The maximum atomic E-state index is 11.6. The van der Waals surface area contributed by atoms with Gasteiger partial charge in [0.1, 0.15) is 0 Å². The first-order valence-corrected chi connectivity index (χ1v) is 6.16. The Kier molecular flexibility index (Phi) is 3.65. The van der Waals surface area contributed by atoms with Crippen LogP contribution >= 0.6 is 0 Å². The van der Waals surface area contributed by atoms with Crippen molar-refractivity contribution in [2.24, 2.45) is 5.41 Å². The van der Waals surface area contributed by atoms with Gasteiger partial charge in [-0.3, -0.25) is 9.59 Å². The maximum Gasteiger partial charge on any atom is 0.311 e. The summed E-state index contributed by atoms with van der Waals surface area (Å²) in [5, 5.41) is 11.7. The Bertz CT molecular complexity index is 438. The highest BCUT2D eigenvalue weighted by Gasteiger charge is 2.50. The summed E-state index contributed by atoms with van der Waals surface area (Å²) in [4.78, 5) is 22.5. The van der Waals surface area contributed by atoms with Crippen molar-refractivity contribution in [3.05, 3.63) is 35.9 Å². The zero-order valence-corrected chi connectivity index (χ0v) is 10.2. The van der Waals surface area contributed by atoms with E-state index in [1.165, 1.54) is 0 Å². The van der Waals surface area contributed by atoms with Crippen molar-refractivity contribution in [1.82, 2.24) is 5.32 Å². The van der Waals surface area contributed by atoms with Gasteiger partial charge in [0.15, 0.2) is 0 Å². The third-order valence-corrected chi connectivity index (χ3v) is 3.41. The summed E-state index contributed by atoms with van der Waals surface area (Å²) in [7, 11) is 0. The molecule has 0 aromatic heterocycles. The molecule has 1 saturated carbocycles. The van der Waals surface area contributed by atoms with E-state index in [0.717, 1.165) is 5.56 Å². The smallest absolute Gasteiger partial charge is 0.311 e. The van der Waals surface area contributed by atoms with Crippen LogP contribution in [0, 0.1) is 5.41 Å². The van der Waals surface area contributed by atoms with Gasteiger partial charge in [-0.05, 0) is 24.8 Å². The Morgan fingerprint density at radius 3 is 2.44 bits per heavy atom. The van der Waals surface area contributed by atoms with Crippen molar-refractivity contribution in [1.29, 1.82) is 0 Å². The molecular formula is C14H17NO3. The molecule has 96 valence electrons. The molecule has 0 unspecified atom stereocenters. The fourth-order valence-electron chi connectivity index (χ4n) is 1.88. The van der Waals surface area contributed by atoms with Gasteiger partial charge in [0.2, 0.25) is 5.91 Å². The van der Waals surface area contributed by atoms with Crippen LogP contribution in [0.3, 0.4) is 0 Å². The van der Waals surface area contributed by atoms with E-state index in [2.05, 4.69) is 5.32 Å². The standard InChI is InChI=1S/C14H17NO3/c16-12(7-6-11-4-2-1-3-5-11)15-10-14(8-9-14)13(17)18/h1-5H,6-10H2,(H,15,16)(H,17,18). The van der Waals surface area contributed by atoms with Gasteiger partial charge in [-0.15, -0.1) is 0 Å². The molecule has 1 fully saturated rings. The van der Waals surface area contributed by atoms with Crippen molar-refractivity contribution >= 4 is 11.9 Å². The molecule has 4 nitrogen and oxygen atoms in total. The minimum Gasteiger partial charge on any atom is -0.481 e. The zero-order chi connectivity index (χ0) is 13.0. The van der Waals surface area contributed by atoms with E-state index >= 15 is 0 Å². The highest BCUT2D eigenvalue weighted by Crippen LogP contribution is 2.45. The molecular weight excluding hydrogens is 230 g/mol. The second kappa shape index (κ2) is 5.21. The number of rotatable bonds is 6. The lowest BCUT2D eigenvalue weighted by Crippen LogP contribution is -2.34. The van der Waals surface area contributed by atoms with Crippen LogP contribution in [0.4, 0.5) is 0 Å². The number of aliphatic carboxylic acids is 1. The molecule has 18 heavy (non-hydrogen) atoms. The first-order chi connectivity index (χ1) is 8.62. The zero-order valence-electron chi connectivity index (χ0n) is 10.2. The minimum atomic E-state index is -0.800. The highest BCUT2D eigenvalue weighted by molar-refractivity contribution is 5.81. The fourth-order valence-corrected chi connectivity index (χ4v) is 1.88. The number of carboxylic acids is 1. The lowest BCUT2D eigenvalue weighted by molar-refractivity contribution is -0.143. The van der Waals surface area contributed by atoms with Crippen LogP contribution in [0.1, 0.15) is 24.8 Å². The van der Waals surface area contributed by atoms with Crippen LogP contribution in [0.15, 0.2) is 30.3 Å². The molecule has 1 aliphatic rings. The molecule has 0 spiro atoms. The quantitative estimate of drug-likeness (QED) is 0.802. The first kappa shape index (κ1) is 12.6. The number of benzene rings is 1. The van der Waals surface area contributed by atoms with Crippen LogP contribution in [0.5, 0.6) is 0 Å². The van der Waals surface area contributed by atoms with Crippen LogP contribution in [0.25, 0.3) is 0 Å². The number of amides is 1. The molecule has 0 atom stereocenters. The monoisotopic (exact) mass is 247 g/mol. The van der Waals surface area contributed by atoms with Crippen molar-refractivity contribution in [3.63, 3.8) is 0 Å². The second-order valence-electron chi connectivity index (χ2n) is 4.85. The maximum absolute atomic E-state index is 11.6. The topological polar surface area (TPSA) is 66.4 Å². The van der Waals surface area contributed by atoms with Crippen molar-refractivity contribution in [2.45, 2.75) is 25.7 Å². The van der Waals surface area contributed by atoms with Crippen LogP contribution in [-0.4, -0.2) is 23.5 Å². The number of carboxylic acid groups (broad SMARTS) is 1. The lowest BCUT2D eigenvalue weighted by Gasteiger charge is -2.11. The Balaban J connectivity index is 1.72. The van der Waals surface area contributed by atoms with Gasteiger partial charge in [0.05, 0.1) is 5.41 Å². The van der Waals surface area contributed by atoms with Gasteiger partial charge in [-0.2, -0.15) is 0 Å². The third kappa shape index (κ3) is 3.09. The number of hydrogen-bond acceptors (Lipinski definition) is 2. The summed E-state index contributed by atoms with van der Waals surface area (Å²) in [6, 6.07) is 9.78. The number of carbonyl (C=O) groups excluding carboxylic acids is 1. The molecule has 4 heteroatoms. The van der Waals surface area contributed by atoms with E-state index in [9.17, 15) is 9.59 Å². The molecule has 1 aliphatic carbocycles. The van der Waals surface area contributed by atoms with Crippen molar-refractivity contribution in [3.8, 4) is 0 Å². The Morgan fingerprint density at radius 1 is 1.22 bits per heavy atom. The predicted octanol–water partition coefficient (Wildman–Crippen LogP) is 1.60. The van der Waals surface area contributed by atoms with Gasteiger partial charge < -0.3 is 10.4 Å². The van der Waals surface area contributed by atoms with Crippen molar-refractivity contribution in [2.75, 3.05) is 6.54 Å². The van der Waals surface area contributed by atoms with E-state index in [-0.39, 0.29) is 12.5 Å². The Morgan fingerprint density at radius 2 is 1.89 bits per heavy atom. The van der Waals surface area contributed by atoms with E-state index in [1.54, 1.807) is 0 Å².